The Hall–Kier alpha value is -6.27. The van der Waals surface area contributed by atoms with E-state index < -0.39 is 53.5 Å². The largest absolute Gasteiger partial charge is 0.497 e. The molecule has 4 atom stereocenters. The molecule has 288 valence electrons. The smallest absolute Gasteiger partial charge is 0.307 e. The van der Waals surface area contributed by atoms with Gasteiger partial charge in [-0.2, -0.15) is 0 Å². The molecule has 2 aliphatic heterocycles. The van der Waals surface area contributed by atoms with Crippen molar-refractivity contribution >= 4 is 40.8 Å². The summed E-state index contributed by atoms with van der Waals surface area (Å²) in [5.41, 5.74) is 4.09. The second-order valence-electron chi connectivity index (χ2n) is 13.7. The minimum Gasteiger partial charge on any atom is -0.497 e. The highest BCUT2D eigenvalue weighted by molar-refractivity contribution is 7.09. The molecule has 0 fully saturated rings. The van der Waals surface area contributed by atoms with Gasteiger partial charge in [-0.1, -0.05) is 84.9 Å². The number of carbonyl (C=O) groups excluding carboxylic acids is 4. The first-order valence-electron chi connectivity index (χ1n) is 18.3. The summed E-state index contributed by atoms with van der Waals surface area (Å²) in [4.78, 5) is 69.2. The lowest BCUT2D eigenvalue weighted by atomic mass is 9.90. The number of aliphatic carboxylic acids is 1. The van der Waals surface area contributed by atoms with Crippen LogP contribution < -0.4 is 25.4 Å². The number of fused-ring (bicyclic) bond motifs is 16. The van der Waals surface area contributed by atoms with Crippen molar-refractivity contribution in [1.29, 1.82) is 0 Å². The van der Waals surface area contributed by atoms with Crippen molar-refractivity contribution in [3.05, 3.63) is 142 Å². The molecule has 1 aromatic heterocycles. The van der Waals surface area contributed by atoms with Crippen LogP contribution in [0.3, 0.4) is 0 Å². The third kappa shape index (κ3) is 10.9. The van der Waals surface area contributed by atoms with Crippen LogP contribution in [0.2, 0.25) is 0 Å². The molecular weight excluding hydrogens is 731 g/mol. The fourth-order valence-corrected chi connectivity index (χ4v) is 7.31. The normalized spacial score (nSPS) is 19.7. The number of amides is 3. The number of benzene rings is 4. The highest BCUT2D eigenvalue weighted by Crippen LogP contribution is 2.22. The van der Waals surface area contributed by atoms with E-state index in [-0.39, 0.29) is 38.7 Å². The molecule has 3 amide bonds. The van der Waals surface area contributed by atoms with Gasteiger partial charge < -0.3 is 30.5 Å². The quantitative estimate of drug-likeness (QED) is 0.149. The van der Waals surface area contributed by atoms with Crippen LogP contribution in [0.1, 0.15) is 28.0 Å². The molecule has 0 aliphatic carbocycles. The van der Waals surface area contributed by atoms with Gasteiger partial charge in [-0.15, -0.1) is 11.3 Å². The zero-order chi connectivity index (χ0) is 39.4. The Morgan fingerprint density at radius 3 is 1.93 bits per heavy atom. The fourth-order valence-electron chi connectivity index (χ4n) is 6.56. The third-order valence-electron chi connectivity index (χ3n) is 9.65. The number of hydrogen-bond acceptors (Lipinski definition) is 8. The Morgan fingerprint density at radius 1 is 0.696 bits per heavy atom. The van der Waals surface area contributed by atoms with Crippen LogP contribution in [0.4, 0.5) is 0 Å². The maximum atomic E-state index is 14.4. The highest BCUT2D eigenvalue weighted by Gasteiger charge is 2.32. The molecule has 0 saturated heterocycles. The maximum absolute atomic E-state index is 14.4. The molecule has 4 aromatic carbocycles. The van der Waals surface area contributed by atoms with Crippen molar-refractivity contribution < 1.29 is 38.6 Å². The van der Waals surface area contributed by atoms with Gasteiger partial charge in [0.1, 0.15) is 23.6 Å². The number of rotatable bonds is 9. The van der Waals surface area contributed by atoms with Crippen molar-refractivity contribution in [2.75, 3.05) is 13.7 Å². The first-order valence-corrected chi connectivity index (χ1v) is 19.2. The minimum absolute atomic E-state index is 0.0487. The van der Waals surface area contributed by atoms with Crippen LogP contribution in [0, 0.1) is 5.92 Å². The summed E-state index contributed by atoms with van der Waals surface area (Å²) in [6.07, 6.45) is -0.0126. The number of Topliss-reactive ketones (excluding diaryl/α,β-unsaturated/α-hetero) is 1. The lowest BCUT2D eigenvalue weighted by Crippen LogP contribution is -2.57. The Morgan fingerprint density at radius 2 is 1.30 bits per heavy atom. The average molecular weight is 774 g/mol. The van der Waals surface area contributed by atoms with Gasteiger partial charge in [0.15, 0.2) is 12.4 Å². The van der Waals surface area contributed by atoms with Crippen molar-refractivity contribution in [3.8, 4) is 22.6 Å². The summed E-state index contributed by atoms with van der Waals surface area (Å²) in [6.45, 7) is -0.384. The number of thiophene rings is 1. The lowest BCUT2D eigenvalue weighted by molar-refractivity contribution is -0.144. The van der Waals surface area contributed by atoms with E-state index in [4.69, 9.17) is 9.47 Å². The molecular formula is C44H43N3O8S. The zero-order valence-electron chi connectivity index (χ0n) is 30.8. The van der Waals surface area contributed by atoms with Crippen LogP contribution in [-0.2, 0) is 49.7 Å². The maximum Gasteiger partial charge on any atom is 0.307 e. The summed E-state index contributed by atoms with van der Waals surface area (Å²) in [7, 11) is 1.54. The van der Waals surface area contributed by atoms with Crippen LogP contribution in [0.5, 0.6) is 11.5 Å². The summed E-state index contributed by atoms with van der Waals surface area (Å²) < 4.78 is 11.0. The topological polar surface area (TPSA) is 160 Å². The van der Waals surface area contributed by atoms with Crippen molar-refractivity contribution in [2.24, 2.45) is 5.92 Å². The molecule has 0 saturated carbocycles. The molecule has 56 heavy (non-hydrogen) atoms. The minimum atomic E-state index is -1.18. The molecule has 2 bridgehead atoms. The van der Waals surface area contributed by atoms with E-state index in [0.717, 1.165) is 21.6 Å². The van der Waals surface area contributed by atoms with Crippen molar-refractivity contribution in [2.45, 2.75) is 50.2 Å². The lowest BCUT2D eigenvalue weighted by Gasteiger charge is -2.26. The van der Waals surface area contributed by atoms with Gasteiger partial charge in [0.25, 0.3) is 5.91 Å². The molecule has 0 spiro atoms. The van der Waals surface area contributed by atoms with Gasteiger partial charge in [0.2, 0.25) is 11.8 Å². The Bertz CT molecular complexity index is 2100. The SMILES string of the molecule is COc1ccc(C[C@H]2NC(=O)[C@H](Cc3ccc(-c4ccccc4)cc3)NC(=O)[C@@H](Cc3cccs3)NC(=O)COc3ccc(cc3)C[C@@H](C(=O)O)CC2=O)cc1. The van der Waals surface area contributed by atoms with Crippen LogP contribution in [0.25, 0.3) is 11.1 Å². The van der Waals surface area contributed by atoms with Gasteiger partial charge in [-0.25, -0.2) is 0 Å². The molecule has 7 rings (SSSR count). The summed E-state index contributed by atoms with van der Waals surface area (Å²) >= 11 is 1.43. The number of ketones is 1. The zero-order valence-corrected chi connectivity index (χ0v) is 31.6. The third-order valence-corrected chi connectivity index (χ3v) is 10.5. The first kappa shape index (κ1) is 39.4. The van der Waals surface area contributed by atoms with Gasteiger partial charge in [-0.05, 0) is 76.4 Å². The molecule has 3 heterocycles. The average Bonchev–Trinajstić information content (AvgIpc) is 3.73. The molecule has 4 N–H and O–H groups in total. The first-order chi connectivity index (χ1) is 27.1. The number of carboxylic acid groups (broad SMARTS) is 1. The van der Waals surface area contributed by atoms with E-state index in [1.54, 1.807) is 55.6 Å². The Balaban J connectivity index is 1.35. The summed E-state index contributed by atoms with van der Waals surface area (Å²) in [6, 6.07) is 31.4. The Labute approximate surface area is 329 Å². The van der Waals surface area contributed by atoms with E-state index in [9.17, 15) is 29.1 Å². The molecule has 5 aromatic rings. The predicted molar refractivity (Wildman–Crippen MR) is 212 cm³/mol. The van der Waals surface area contributed by atoms with E-state index in [2.05, 4.69) is 16.0 Å². The second kappa shape index (κ2) is 18.9. The fraction of sp³-hybridized carbons (Fsp3) is 0.250. The van der Waals surface area contributed by atoms with Crippen LogP contribution in [-0.4, -0.2) is 66.4 Å². The molecule has 11 nitrogen and oxygen atoms in total. The molecule has 0 radical (unpaired) electrons. The number of ether oxygens (including phenoxy) is 2. The van der Waals surface area contributed by atoms with Crippen molar-refractivity contribution in [3.63, 3.8) is 0 Å². The number of methoxy groups -OCH3 is 1. The summed E-state index contributed by atoms with van der Waals surface area (Å²) in [5, 5.41) is 20.6. The van der Waals surface area contributed by atoms with E-state index in [1.807, 2.05) is 72.1 Å². The van der Waals surface area contributed by atoms with Gasteiger partial charge in [-0.3, -0.25) is 24.0 Å². The van der Waals surface area contributed by atoms with E-state index >= 15 is 0 Å². The Kier molecular flexibility index (Phi) is 13.3. The molecule has 2 aliphatic rings. The number of carbonyl (C=O) groups is 5. The monoisotopic (exact) mass is 773 g/mol. The molecule has 12 heteroatoms. The number of carboxylic acids is 1. The van der Waals surface area contributed by atoms with Crippen molar-refractivity contribution in [1.82, 2.24) is 16.0 Å². The predicted octanol–water partition coefficient (Wildman–Crippen LogP) is 5.20. The van der Waals surface area contributed by atoms with Gasteiger partial charge in [0.05, 0.1) is 19.1 Å². The van der Waals surface area contributed by atoms with Gasteiger partial charge >= 0.3 is 5.97 Å². The summed E-state index contributed by atoms with van der Waals surface area (Å²) in [5.74, 6) is -3.52. The molecule has 0 unspecified atom stereocenters. The van der Waals surface area contributed by atoms with E-state index in [0.29, 0.717) is 22.6 Å². The number of nitrogens with one attached hydrogen (secondary N) is 3. The highest BCUT2D eigenvalue weighted by atomic mass is 32.1. The second-order valence-corrected chi connectivity index (χ2v) is 14.7. The van der Waals surface area contributed by atoms with Crippen LogP contribution in [0.15, 0.2) is 121 Å². The van der Waals surface area contributed by atoms with E-state index in [1.165, 1.54) is 11.3 Å². The standard InChI is InChI=1S/C44H43N3O8S/c1-54-34-17-11-30(12-18-34)23-37-40(48)25-33(44(52)53)22-28-13-19-35(20-14-28)55-27-41(49)45-39(26-36-8-5-21-56-36)43(51)47-38(42(50)46-37)24-29-9-15-32(16-10-29)31-6-3-2-4-7-31/h2-21,33,37-39H,22-27H2,1H3,(H,45,49)(H,46,50)(H,47,51)(H,52,53)/t33-,37-,38+,39-/m1/s1. The van der Waals surface area contributed by atoms with Gasteiger partial charge in [0, 0.05) is 24.1 Å². The van der Waals surface area contributed by atoms with Crippen LogP contribution >= 0.6 is 11.3 Å². The number of hydrogen-bond donors (Lipinski definition) is 4.